The highest BCUT2D eigenvalue weighted by molar-refractivity contribution is 5.97. The molecule has 1 amide bonds. The van der Waals surface area contributed by atoms with Gasteiger partial charge in [0, 0.05) is 17.3 Å². The number of hydrogen-bond acceptors (Lipinski definition) is 5. The number of anilines is 2. The average molecular weight is 335 g/mol. The number of amides is 1. The van der Waals surface area contributed by atoms with Crippen molar-refractivity contribution in [3.8, 4) is 0 Å². The molecular formula is C19H17N3O3. The minimum atomic E-state index is -0.448. The monoisotopic (exact) mass is 335 g/mol. The van der Waals surface area contributed by atoms with Crippen LogP contribution in [0.4, 0.5) is 11.4 Å². The first-order valence-corrected chi connectivity index (χ1v) is 7.73. The Hall–Kier alpha value is -3.41. The summed E-state index contributed by atoms with van der Waals surface area (Å²) < 4.78 is 4.67. The van der Waals surface area contributed by atoms with E-state index in [0.29, 0.717) is 11.3 Å². The van der Waals surface area contributed by atoms with Crippen LogP contribution in [0.5, 0.6) is 0 Å². The number of pyridine rings is 1. The topological polar surface area (TPSA) is 80.3 Å². The molecule has 3 rings (SSSR count). The van der Waals surface area contributed by atoms with Gasteiger partial charge in [0.25, 0.3) is 0 Å². The maximum atomic E-state index is 12.2. The lowest BCUT2D eigenvalue weighted by atomic mass is 10.2. The van der Waals surface area contributed by atoms with Crippen molar-refractivity contribution in [2.24, 2.45) is 0 Å². The van der Waals surface area contributed by atoms with E-state index in [9.17, 15) is 9.59 Å². The smallest absolute Gasteiger partial charge is 0.337 e. The predicted molar refractivity (Wildman–Crippen MR) is 96.6 cm³/mol. The highest BCUT2D eigenvalue weighted by Gasteiger charge is 2.08. The number of aromatic nitrogens is 1. The zero-order chi connectivity index (χ0) is 17.6. The SMILES string of the molecule is COC(=O)c1cccc(NC(=O)CNc2cccc3cccnc23)c1. The van der Waals surface area contributed by atoms with Crippen molar-refractivity contribution >= 4 is 34.2 Å². The second kappa shape index (κ2) is 7.44. The molecule has 1 heterocycles. The van der Waals surface area contributed by atoms with Gasteiger partial charge in [-0.05, 0) is 30.3 Å². The van der Waals surface area contributed by atoms with Crippen LogP contribution in [0.25, 0.3) is 10.9 Å². The van der Waals surface area contributed by atoms with E-state index in [0.717, 1.165) is 16.6 Å². The first kappa shape index (κ1) is 16.4. The van der Waals surface area contributed by atoms with Gasteiger partial charge < -0.3 is 15.4 Å². The fourth-order valence-corrected chi connectivity index (χ4v) is 2.47. The van der Waals surface area contributed by atoms with E-state index in [1.54, 1.807) is 30.5 Å². The molecule has 2 aromatic carbocycles. The maximum Gasteiger partial charge on any atom is 0.337 e. The van der Waals surface area contributed by atoms with Crippen molar-refractivity contribution in [1.82, 2.24) is 4.98 Å². The van der Waals surface area contributed by atoms with E-state index < -0.39 is 5.97 Å². The van der Waals surface area contributed by atoms with E-state index in [1.165, 1.54) is 7.11 Å². The van der Waals surface area contributed by atoms with Crippen LogP contribution in [0.15, 0.2) is 60.8 Å². The van der Waals surface area contributed by atoms with E-state index in [2.05, 4.69) is 20.4 Å². The number of nitrogens with one attached hydrogen (secondary N) is 2. The molecule has 0 fully saturated rings. The van der Waals surface area contributed by atoms with Crippen molar-refractivity contribution in [3.05, 3.63) is 66.4 Å². The first-order chi connectivity index (χ1) is 12.2. The molecule has 0 bridgehead atoms. The molecule has 3 aromatic rings. The van der Waals surface area contributed by atoms with Crippen LogP contribution in [-0.2, 0) is 9.53 Å². The lowest BCUT2D eigenvalue weighted by molar-refractivity contribution is -0.114. The fourth-order valence-electron chi connectivity index (χ4n) is 2.47. The third-order valence-electron chi connectivity index (χ3n) is 3.64. The molecule has 6 heteroatoms. The van der Waals surface area contributed by atoms with Gasteiger partial charge in [-0.2, -0.15) is 0 Å². The average Bonchev–Trinajstić information content (AvgIpc) is 2.66. The minimum absolute atomic E-state index is 0.0815. The van der Waals surface area contributed by atoms with Gasteiger partial charge in [0.2, 0.25) is 5.91 Å². The number of fused-ring (bicyclic) bond motifs is 1. The number of carbonyl (C=O) groups excluding carboxylic acids is 2. The predicted octanol–water partition coefficient (Wildman–Crippen LogP) is 3.07. The van der Waals surface area contributed by atoms with Crippen LogP contribution in [0.2, 0.25) is 0 Å². The molecule has 0 spiro atoms. The third-order valence-corrected chi connectivity index (χ3v) is 3.64. The largest absolute Gasteiger partial charge is 0.465 e. The third kappa shape index (κ3) is 3.92. The van der Waals surface area contributed by atoms with Gasteiger partial charge in [0.15, 0.2) is 0 Å². The molecule has 0 saturated heterocycles. The van der Waals surface area contributed by atoms with Crippen LogP contribution < -0.4 is 10.6 Å². The molecule has 126 valence electrons. The molecular weight excluding hydrogens is 318 g/mol. The lowest BCUT2D eigenvalue weighted by Gasteiger charge is -2.10. The van der Waals surface area contributed by atoms with E-state index >= 15 is 0 Å². The van der Waals surface area contributed by atoms with Crippen molar-refractivity contribution < 1.29 is 14.3 Å². The second-order valence-corrected chi connectivity index (χ2v) is 5.35. The summed E-state index contributed by atoms with van der Waals surface area (Å²) in [6, 6.07) is 16.2. The Bertz CT molecular complexity index is 919. The quantitative estimate of drug-likeness (QED) is 0.701. The van der Waals surface area contributed by atoms with Gasteiger partial charge in [-0.3, -0.25) is 9.78 Å². The first-order valence-electron chi connectivity index (χ1n) is 7.73. The molecule has 0 aliphatic heterocycles. The fraction of sp³-hybridized carbons (Fsp3) is 0.105. The normalized spacial score (nSPS) is 10.3. The van der Waals surface area contributed by atoms with Gasteiger partial charge in [0.05, 0.1) is 30.4 Å². The number of para-hydroxylation sites is 1. The Kier molecular flexibility index (Phi) is 4.89. The maximum absolute atomic E-state index is 12.2. The van der Waals surface area contributed by atoms with Crippen molar-refractivity contribution in [3.63, 3.8) is 0 Å². The number of rotatable bonds is 5. The van der Waals surface area contributed by atoms with Gasteiger partial charge in [-0.1, -0.05) is 24.3 Å². The highest BCUT2D eigenvalue weighted by Crippen LogP contribution is 2.20. The number of hydrogen-bond donors (Lipinski definition) is 2. The van der Waals surface area contributed by atoms with E-state index in [4.69, 9.17) is 0 Å². The zero-order valence-electron chi connectivity index (χ0n) is 13.7. The minimum Gasteiger partial charge on any atom is -0.465 e. The summed E-state index contributed by atoms with van der Waals surface area (Å²) >= 11 is 0. The molecule has 0 radical (unpaired) electrons. The summed E-state index contributed by atoms with van der Waals surface area (Å²) in [7, 11) is 1.32. The summed E-state index contributed by atoms with van der Waals surface area (Å²) in [4.78, 5) is 28.0. The Labute approximate surface area is 144 Å². The summed E-state index contributed by atoms with van der Waals surface area (Å²) in [5.74, 6) is -0.675. The lowest BCUT2D eigenvalue weighted by Crippen LogP contribution is -2.22. The summed E-state index contributed by atoms with van der Waals surface area (Å²) in [6.45, 7) is 0.0815. The number of nitrogens with zero attached hydrogens (tertiary/aromatic N) is 1. The Balaban J connectivity index is 1.66. The van der Waals surface area contributed by atoms with Gasteiger partial charge in [0.1, 0.15) is 0 Å². The number of carbonyl (C=O) groups is 2. The van der Waals surface area contributed by atoms with Crippen LogP contribution in [-0.4, -0.2) is 30.5 Å². The Morgan fingerprint density at radius 1 is 1.08 bits per heavy atom. The standard InChI is InChI=1S/C19H17N3O3/c1-25-19(24)14-6-2-8-15(11-14)22-17(23)12-21-16-9-3-5-13-7-4-10-20-18(13)16/h2-11,21H,12H2,1H3,(H,22,23). The van der Waals surface area contributed by atoms with Crippen LogP contribution >= 0.6 is 0 Å². The van der Waals surface area contributed by atoms with Gasteiger partial charge in [-0.15, -0.1) is 0 Å². The van der Waals surface area contributed by atoms with E-state index in [-0.39, 0.29) is 12.5 Å². The van der Waals surface area contributed by atoms with Crippen LogP contribution in [0.3, 0.4) is 0 Å². The van der Waals surface area contributed by atoms with Crippen LogP contribution in [0.1, 0.15) is 10.4 Å². The Morgan fingerprint density at radius 2 is 1.88 bits per heavy atom. The molecule has 6 nitrogen and oxygen atoms in total. The molecule has 2 N–H and O–H groups in total. The summed E-state index contributed by atoms with van der Waals surface area (Å²) in [6.07, 6.45) is 1.71. The molecule has 0 atom stereocenters. The molecule has 0 aliphatic rings. The second-order valence-electron chi connectivity index (χ2n) is 5.35. The van der Waals surface area contributed by atoms with E-state index in [1.807, 2.05) is 30.3 Å². The molecule has 25 heavy (non-hydrogen) atoms. The summed E-state index contributed by atoms with van der Waals surface area (Å²) in [5.41, 5.74) is 2.51. The van der Waals surface area contributed by atoms with Crippen LogP contribution in [0, 0.1) is 0 Å². The van der Waals surface area contributed by atoms with Crippen molar-refractivity contribution in [2.75, 3.05) is 24.3 Å². The number of ether oxygens (including phenoxy) is 1. The van der Waals surface area contributed by atoms with Crippen molar-refractivity contribution in [1.29, 1.82) is 0 Å². The van der Waals surface area contributed by atoms with Gasteiger partial charge in [-0.25, -0.2) is 4.79 Å². The van der Waals surface area contributed by atoms with Gasteiger partial charge >= 0.3 is 5.97 Å². The van der Waals surface area contributed by atoms with Crippen molar-refractivity contribution in [2.45, 2.75) is 0 Å². The molecule has 1 aromatic heterocycles. The zero-order valence-corrected chi connectivity index (χ0v) is 13.7. The number of benzene rings is 2. The molecule has 0 unspecified atom stereocenters. The Morgan fingerprint density at radius 3 is 2.72 bits per heavy atom. The molecule has 0 saturated carbocycles. The number of methoxy groups -OCH3 is 1. The molecule has 0 aliphatic carbocycles. The summed E-state index contributed by atoms with van der Waals surface area (Å²) in [5, 5.41) is 6.84. The highest BCUT2D eigenvalue weighted by atomic mass is 16.5. The number of esters is 1.